The van der Waals surface area contributed by atoms with Gasteiger partial charge in [-0.1, -0.05) is 18.6 Å². The number of nitrogens with zero attached hydrogens (tertiary/aromatic N) is 2. The fourth-order valence-electron chi connectivity index (χ4n) is 2.53. The molecule has 4 heteroatoms. The van der Waals surface area contributed by atoms with Crippen molar-refractivity contribution in [3.63, 3.8) is 0 Å². The van der Waals surface area contributed by atoms with Crippen molar-refractivity contribution in [3.8, 4) is 0 Å². The molecule has 1 fully saturated rings. The number of hydrogen-bond donors (Lipinski definition) is 0. The number of benzene rings is 1. The lowest BCUT2D eigenvalue weighted by molar-refractivity contribution is -0.117. The molecule has 2 aliphatic rings. The van der Waals surface area contributed by atoms with Crippen molar-refractivity contribution in [2.75, 3.05) is 18.1 Å². The summed E-state index contributed by atoms with van der Waals surface area (Å²) in [5, 5.41) is 3.56. The van der Waals surface area contributed by atoms with E-state index in [4.69, 9.17) is 0 Å². The molecule has 4 nitrogen and oxygen atoms in total. The molecular weight excluding hydrogens is 216 g/mol. The van der Waals surface area contributed by atoms with Crippen molar-refractivity contribution < 1.29 is 9.59 Å². The van der Waals surface area contributed by atoms with Crippen LogP contribution in [0.2, 0.25) is 0 Å². The minimum atomic E-state index is -0.409. The number of hydrazine groups is 1. The van der Waals surface area contributed by atoms with E-state index >= 15 is 0 Å². The molecule has 0 unspecified atom stereocenters. The monoisotopic (exact) mass is 230 g/mol. The van der Waals surface area contributed by atoms with Crippen molar-refractivity contribution in [2.24, 2.45) is 0 Å². The molecule has 0 atom stereocenters. The average molecular weight is 230 g/mol. The van der Waals surface area contributed by atoms with Crippen molar-refractivity contribution in [1.82, 2.24) is 5.01 Å². The molecule has 1 saturated heterocycles. The molecule has 1 aromatic rings. The number of amides is 1. The smallest absolute Gasteiger partial charge is 0.283 e. The highest BCUT2D eigenvalue weighted by molar-refractivity contribution is 6.52. The van der Waals surface area contributed by atoms with E-state index in [-0.39, 0.29) is 5.78 Å². The van der Waals surface area contributed by atoms with Crippen LogP contribution in [0.25, 0.3) is 0 Å². The summed E-state index contributed by atoms with van der Waals surface area (Å²) in [6.45, 7) is 1.71. The van der Waals surface area contributed by atoms with Gasteiger partial charge in [-0.15, -0.1) is 0 Å². The van der Waals surface area contributed by atoms with Gasteiger partial charge in [0.05, 0.1) is 11.3 Å². The Balaban J connectivity index is 1.99. The second kappa shape index (κ2) is 3.96. The van der Waals surface area contributed by atoms with Gasteiger partial charge in [-0.05, 0) is 25.0 Å². The minimum Gasteiger partial charge on any atom is -0.283 e. The SMILES string of the molecule is O=C1C(=O)N(N2CCCCC2)c2ccccc21. The molecule has 0 saturated carbocycles. The van der Waals surface area contributed by atoms with Crippen LogP contribution in [0.5, 0.6) is 0 Å². The highest BCUT2D eigenvalue weighted by atomic mass is 16.2. The highest BCUT2D eigenvalue weighted by Gasteiger charge is 2.39. The lowest BCUT2D eigenvalue weighted by atomic mass is 10.1. The molecule has 0 spiro atoms. The van der Waals surface area contributed by atoms with E-state index in [1.807, 2.05) is 17.1 Å². The van der Waals surface area contributed by atoms with Crippen LogP contribution in [0.3, 0.4) is 0 Å². The number of piperidine rings is 1. The zero-order valence-electron chi connectivity index (χ0n) is 9.56. The molecule has 0 N–H and O–H groups in total. The van der Waals surface area contributed by atoms with Gasteiger partial charge >= 0.3 is 5.91 Å². The summed E-state index contributed by atoms with van der Waals surface area (Å²) < 4.78 is 0. The Morgan fingerprint density at radius 1 is 0.941 bits per heavy atom. The number of anilines is 1. The predicted octanol–water partition coefficient (Wildman–Crippen LogP) is 1.62. The highest BCUT2D eigenvalue weighted by Crippen LogP contribution is 2.31. The summed E-state index contributed by atoms with van der Waals surface area (Å²) in [6.07, 6.45) is 3.37. The maximum Gasteiger partial charge on any atom is 0.314 e. The van der Waals surface area contributed by atoms with Crippen LogP contribution in [0.15, 0.2) is 24.3 Å². The van der Waals surface area contributed by atoms with Gasteiger partial charge in [0.15, 0.2) is 0 Å². The first-order valence-electron chi connectivity index (χ1n) is 6.02. The molecule has 0 aliphatic carbocycles. The Hall–Kier alpha value is -1.68. The molecular formula is C13H14N2O2. The molecule has 2 aliphatic heterocycles. The van der Waals surface area contributed by atoms with Gasteiger partial charge in [-0.3, -0.25) is 9.59 Å². The van der Waals surface area contributed by atoms with E-state index in [0.717, 1.165) is 31.6 Å². The summed E-state index contributed by atoms with van der Waals surface area (Å²) in [5.41, 5.74) is 1.27. The Morgan fingerprint density at radius 2 is 1.65 bits per heavy atom. The standard InChI is InChI=1S/C13H14N2O2/c16-12-10-6-2-3-7-11(10)15(13(12)17)14-8-4-1-5-9-14/h2-3,6-7H,1,4-5,8-9H2. The van der Waals surface area contributed by atoms with E-state index in [1.54, 1.807) is 17.1 Å². The van der Waals surface area contributed by atoms with Crippen molar-refractivity contribution >= 4 is 17.4 Å². The number of Topliss-reactive ketones (excluding diaryl/α,β-unsaturated/α-hetero) is 1. The zero-order chi connectivity index (χ0) is 11.8. The first-order chi connectivity index (χ1) is 8.29. The first kappa shape index (κ1) is 10.5. The van der Waals surface area contributed by atoms with E-state index in [9.17, 15) is 9.59 Å². The van der Waals surface area contributed by atoms with E-state index in [0.29, 0.717) is 5.56 Å². The number of carbonyl (C=O) groups is 2. The summed E-state index contributed by atoms with van der Waals surface area (Å²) in [4.78, 5) is 23.8. The fraction of sp³-hybridized carbons (Fsp3) is 0.385. The summed E-state index contributed by atoms with van der Waals surface area (Å²) in [7, 11) is 0. The van der Waals surface area contributed by atoms with Gasteiger partial charge in [-0.2, -0.15) is 0 Å². The molecule has 2 heterocycles. The maximum atomic E-state index is 12.0. The molecule has 1 aromatic carbocycles. The van der Waals surface area contributed by atoms with Crippen LogP contribution in [0.1, 0.15) is 29.6 Å². The molecule has 0 bridgehead atoms. The zero-order valence-corrected chi connectivity index (χ0v) is 9.56. The van der Waals surface area contributed by atoms with Gasteiger partial charge in [-0.25, -0.2) is 10.0 Å². The van der Waals surface area contributed by atoms with Gasteiger partial charge in [0.1, 0.15) is 0 Å². The first-order valence-corrected chi connectivity index (χ1v) is 6.02. The largest absolute Gasteiger partial charge is 0.314 e. The quantitative estimate of drug-likeness (QED) is 0.688. The molecule has 88 valence electrons. The molecule has 0 radical (unpaired) electrons. The topological polar surface area (TPSA) is 40.6 Å². The van der Waals surface area contributed by atoms with Crippen LogP contribution in [0, 0.1) is 0 Å². The Kier molecular flexibility index (Phi) is 2.44. The number of rotatable bonds is 1. The van der Waals surface area contributed by atoms with Gasteiger partial charge in [0.25, 0.3) is 5.78 Å². The number of hydrogen-bond acceptors (Lipinski definition) is 3. The lowest BCUT2D eigenvalue weighted by Gasteiger charge is -2.34. The predicted molar refractivity (Wildman–Crippen MR) is 63.7 cm³/mol. The third kappa shape index (κ3) is 1.56. The molecule has 1 amide bonds. The third-order valence-corrected chi connectivity index (χ3v) is 3.38. The normalized spacial score (nSPS) is 20.8. The average Bonchev–Trinajstić information content (AvgIpc) is 2.64. The second-order valence-corrected chi connectivity index (χ2v) is 4.48. The Bertz CT molecular complexity index is 478. The maximum absolute atomic E-state index is 12.0. The summed E-state index contributed by atoms with van der Waals surface area (Å²) in [6, 6.07) is 7.22. The van der Waals surface area contributed by atoms with Gasteiger partial charge < -0.3 is 0 Å². The summed E-state index contributed by atoms with van der Waals surface area (Å²) >= 11 is 0. The number of ketones is 1. The van der Waals surface area contributed by atoms with E-state index in [1.165, 1.54) is 6.42 Å². The van der Waals surface area contributed by atoms with E-state index in [2.05, 4.69) is 0 Å². The van der Waals surface area contributed by atoms with Crippen LogP contribution < -0.4 is 5.01 Å². The van der Waals surface area contributed by atoms with Crippen LogP contribution >= 0.6 is 0 Å². The van der Waals surface area contributed by atoms with Crippen LogP contribution in [-0.2, 0) is 4.79 Å². The summed E-state index contributed by atoms with van der Waals surface area (Å²) in [5.74, 6) is -0.792. The Labute approximate surface area is 99.8 Å². The van der Waals surface area contributed by atoms with Crippen LogP contribution in [-0.4, -0.2) is 29.8 Å². The van der Waals surface area contributed by atoms with Gasteiger partial charge in [0.2, 0.25) is 0 Å². The second-order valence-electron chi connectivity index (χ2n) is 4.48. The molecule has 0 aromatic heterocycles. The minimum absolute atomic E-state index is 0.383. The van der Waals surface area contributed by atoms with Gasteiger partial charge in [0, 0.05) is 13.1 Å². The van der Waals surface area contributed by atoms with E-state index < -0.39 is 5.91 Å². The number of fused-ring (bicyclic) bond motifs is 1. The molecule has 3 rings (SSSR count). The Morgan fingerprint density at radius 3 is 2.41 bits per heavy atom. The van der Waals surface area contributed by atoms with Crippen LogP contribution in [0.4, 0.5) is 5.69 Å². The molecule has 17 heavy (non-hydrogen) atoms. The van der Waals surface area contributed by atoms with Crippen molar-refractivity contribution in [1.29, 1.82) is 0 Å². The van der Waals surface area contributed by atoms with Crippen molar-refractivity contribution in [3.05, 3.63) is 29.8 Å². The number of carbonyl (C=O) groups excluding carboxylic acids is 2. The lowest BCUT2D eigenvalue weighted by Crippen LogP contribution is -2.48. The fourth-order valence-corrected chi connectivity index (χ4v) is 2.53. The number of para-hydroxylation sites is 1. The third-order valence-electron chi connectivity index (χ3n) is 3.38. The van der Waals surface area contributed by atoms with Crippen molar-refractivity contribution in [2.45, 2.75) is 19.3 Å².